The molecule has 0 saturated carbocycles. The summed E-state index contributed by atoms with van der Waals surface area (Å²) < 4.78 is 6.53. The third-order valence-corrected chi connectivity index (χ3v) is 5.43. The van der Waals surface area contributed by atoms with E-state index >= 15 is 0 Å². The molecule has 1 atom stereocenters. The Morgan fingerprint density at radius 1 is 0.880 bits per heavy atom. The molecule has 0 amide bonds. The minimum absolute atomic E-state index is 0. The zero-order valence-electron chi connectivity index (χ0n) is 14.4. The molecule has 0 fully saturated rings. The molecule has 5 rings (SSSR count). The van der Waals surface area contributed by atoms with E-state index in [4.69, 9.17) is 10.1 Å². The largest absolute Gasteiger partial charge is 0.643 e. The van der Waals surface area contributed by atoms with Crippen molar-refractivity contribution in [3.8, 4) is 5.75 Å². The van der Waals surface area contributed by atoms with Crippen LogP contribution in [0.2, 0.25) is 0 Å². The molecule has 2 nitrogen and oxygen atoms in total. The number of fused-ring (bicyclic) bond motifs is 4. The molecule has 25 heavy (non-hydrogen) atoms. The molecule has 2 aliphatic rings. The van der Waals surface area contributed by atoms with E-state index in [1.54, 1.807) is 0 Å². The molecule has 1 spiro atoms. The zero-order valence-corrected chi connectivity index (χ0v) is 17.2. The summed E-state index contributed by atoms with van der Waals surface area (Å²) in [4.78, 5) is 0. The van der Waals surface area contributed by atoms with E-state index in [-0.39, 0.29) is 38.1 Å². The van der Waals surface area contributed by atoms with Crippen molar-refractivity contribution < 1.29 is 37.4 Å². The molecule has 0 N–H and O–H groups in total. The monoisotopic (exact) mass is 401 g/mol. The maximum absolute atomic E-state index is 6.53. The standard InChI is InChI=1S/C22H18NO.Y/c1-21(2)18-9-5-6-10-19(18)23-22(21)14-13-17-16-8-4-3-7-15(16)11-12-20(17)24-22;/h3-14H,1-2H3;/q-1;. The SMILES string of the molecule is CC1(C)c2ccccc2[N-]C12C=Cc1c(ccc3ccccc13)O2.[Y]. The van der Waals surface area contributed by atoms with Crippen LogP contribution in [-0.2, 0) is 38.1 Å². The summed E-state index contributed by atoms with van der Waals surface area (Å²) in [6.45, 7) is 4.41. The summed E-state index contributed by atoms with van der Waals surface area (Å²) in [6.07, 6.45) is 4.31. The van der Waals surface area contributed by atoms with E-state index in [9.17, 15) is 0 Å². The molecule has 0 aliphatic carbocycles. The predicted molar refractivity (Wildman–Crippen MR) is 98.8 cm³/mol. The summed E-state index contributed by atoms with van der Waals surface area (Å²) in [7, 11) is 0. The first-order chi connectivity index (χ1) is 11.6. The Kier molecular flexibility index (Phi) is 3.82. The van der Waals surface area contributed by atoms with Crippen LogP contribution in [0.25, 0.3) is 22.2 Å². The van der Waals surface area contributed by atoms with Crippen LogP contribution >= 0.6 is 0 Å². The average Bonchev–Trinajstić information content (AvgIpc) is 2.82. The van der Waals surface area contributed by atoms with Crippen LogP contribution in [0, 0.1) is 0 Å². The van der Waals surface area contributed by atoms with Crippen molar-refractivity contribution in [2.75, 3.05) is 0 Å². The minimum Gasteiger partial charge on any atom is -0.643 e. The van der Waals surface area contributed by atoms with Gasteiger partial charge in [-0.15, -0.1) is 5.69 Å². The van der Waals surface area contributed by atoms with Crippen LogP contribution in [0.15, 0.2) is 66.7 Å². The Morgan fingerprint density at radius 3 is 2.48 bits per heavy atom. The normalized spacial score (nSPS) is 21.8. The Labute approximate surface area is 173 Å². The van der Waals surface area contributed by atoms with E-state index in [1.165, 1.54) is 16.3 Å². The first kappa shape index (κ1) is 16.8. The number of nitrogens with zero attached hydrogens (tertiary/aromatic N) is 1. The van der Waals surface area contributed by atoms with Crippen molar-refractivity contribution >= 4 is 22.5 Å². The predicted octanol–water partition coefficient (Wildman–Crippen LogP) is 5.94. The molecular weight excluding hydrogens is 383 g/mol. The zero-order chi connectivity index (χ0) is 16.4. The number of hydrogen-bond donors (Lipinski definition) is 0. The van der Waals surface area contributed by atoms with Gasteiger partial charge in [-0.3, -0.25) is 0 Å². The van der Waals surface area contributed by atoms with Crippen LogP contribution in [0.5, 0.6) is 5.75 Å². The fraction of sp³-hybridized carbons (Fsp3) is 0.182. The van der Waals surface area contributed by atoms with Crippen molar-refractivity contribution in [2.45, 2.75) is 25.0 Å². The fourth-order valence-electron chi connectivity index (χ4n) is 3.94. The van der Waals surface area contributed by atoms with E-state index in [0.717, 1.165) is 17.0 Å². The third-order valence-electron chi connectivity index (χ3n) is 5.43. The second kappa shape index (κ2) is 5.69. The fourth-order valence-corrected chi connectivity index (χ4v) is 3.94. The molecule has 2 heterocycles. The van der Waals surface area contributed by atoms with Crippen LogP contribution in [0.1, 0.15) is 25.0 Å². The first-order valence-corrected chi connectivity index (χ1v) is 8.33. The number of benzene rings is 3. The number of para-hydroxylation sites is 1. The molecule has 121 valence electrons. The van der Waals surface area contributed by atoms with Crippen molar-refractivity contribution in [3.63, 3.8) is 0 Å². The van der Waals surface area contributed by atoms with Gasteiger partial charge in [-0.05, 0) is 16.8 Å². The van der Waals surface area contributed by atoms with Gasteiger partial charge in [0.2, 0.25) is 0 Å². The molecule has 0 saturated heterocycles. The van der Waals surface area contributed by atoms with Crippen LogP contribution in [0.4, 0.5) is 5.69 Å². The Hall–Kier alpha value is -1.64. The van der Waals surface area contributed by atoms with Gasteiger partial charge in [-0.2, -0.15) is 0 Å². The Balaban J connectivity index is 0.00000157. The molecule has 0 bridgehead atoms. The molecule has 2 aliphatic heterocycles. The Bertz CT molecular complexity index is 1010. The number of rotatable bonds is 0. The van der Waals surface area contributed by atoms with E-state index in [1.807, 2.05) is 6.07 Å². The van der Waals surface area contributed by atoms with Crippen LogP contribution < -0.4 is 4.74 Å². The molecule has 1 unspecified atom stereocenters. The van der Waals surface area contributed by atoms with Gasteiger partial charge >= 0.3 is 0 Å². The van der Waals surface area contributed by atoms with Gasteiger partial charge in [0.05, 0.1) is 5.72 Å². The van der Waals surface area contributed by atoms with Gasteiger partial charge in [-0.1, -0.05) is 86.2 Å². The molecule has 3 aromatic carbocycles. The van der Waals surface area contributed by atoms with Crippen molar-refractivity contribution in [2.24, 2.45) is 0 Å². The van der Waals surface area contributed by atoms with Crippen molar-refractivity contribution in [1.82, 2.24) is 0 Å². The smallest absolute Gasteiger partial charge is 0.126 e. The van der Waals surface area contributed by atoms with Crippen molar-refractivity contribution in [1.29, 1.82) is 0 Å². The summed E-state index contributed by atoms with van der Waals surface area (Å²) in [5.41, 5.74) is 2.51. The second-order valence-electron chi connectivity index (χ2n) is 7.08. The van der Waals surface area contributed by atoms with Gasteiger partial charge in [0.1, 0.15) is 5.75 Å². The molecule has 3 aromatic rings. The number of ether oxygens (including phenoxy) is 1. The molecular formula is C22H18NOY-. The summed E-state index contributed by atoms with van der Waals surface area (Å²) in [6, 6.07) is 20.9. The average molecular weight is 401 g/mol. The third kappa shape index (κ3) is 2.24. The molecule has 3 heteroatoms. The van der Waals surface area contributed by atoms with Crippen LogP contribution in [0.3, 0.4) is 0 Å². The van der Waals surface area contributed by atoms with Gasteiger partial charge in [-0.25, -0.2) is 0 Å². The van der Waals surface area contributed by atoms with Gasteiger partial charge in [0, 0.05) is 43.7 Å². The van der Waals surface area contributed by atoms with Gasteiger partial charge < -0.3 is 10.1 Å². The van der Waals surface area contributed by atoms with E-state index in [0.29, 0.717) is 0 Å². The minimum atomic E-state index is -0.674. The van der Waals surface area contributed by atoms with Gasteiger partial charge in [0.25, 0.3) is 0 Å². The molecule has 1 radical (unpaired) electrons. The molecule has 0 aromatic heterocycles. The van der Waals surface area contributed by atoms with Crippen LogP contribution in [-0.4, -0.2) is 5.72 Å². The second-order valence-corrected chi connectivity index (χ2v) is 7.08. The summed E-state index contributed by atoms with van der Waals surface area (Å²) >= 11 is 0. The van der Waals surface area contributed by atoms with E-state index in [2.05, 4.69) is 80.6 Å². The van der Waals surface area contributed by atoms with Gasteiger partial charge in [0.15, 0.2) is 0 Å². The Morgan fingerprint density at radius 2 is 1.64 bits per heavy atom. The first-order valence-electron chi connectivity index (χ1n) is 8.33. The summed E-state index contributed by atoms with van der Waals surface area (Å²) in [5.74, 6) is 0.904. The van der Waals surface area contributed by atoms with E-state index < -0.39 is 5.72 Å². The van der Waals surface area contributed by atoms with Crippen molar-refractivity contribution in [3.05, 3.63) is 83.2 Å². The maximum Gasteiger partial charge on any atom is 0.126 e. The summed E-state index contributed by atoms with van der Waals surface area (Å²) in [5, 5.41) is 7.41. The topological polar surface area (TPSA) is 23.3 Å². The quantitative estimate of drug-likeness (QED) is 0.458. The maximum atomic E-state index is 6.53. The number of hydrogen-bond acceptors (Lipinski definition) is 1.